The summed E-state index contributed by atoms with van der Waals surface area (Å²) in [6, 6.07) is 5.97. The quantitative estimate of drug-likeness (QED) is 0.625. The lowest BCUT2D eigenvalue weighted by atomic mass is 9.78. The van der Waals surface area contributed by atoms with Gasteiger partial charge in [-0.15, -0.1) is 0 Å². The Morgan fingerprint density at radius 3 is 2.25 bits per heavy atom. The molecule has 2 rings (SSSR count). The fourth-order valence-electron chi connectivity index (χ4n) is 2.02. The fraction of sp³-hybridized carbons (Fsp3) is 0.600. The second-order valence-corrected chi connectivity index (χ2v) is 6.16. The Morgan fingerprint density at radius 2 is 1.70 bits per heavy atom. The van der Waals surface area contributed by atoms with Gasteiger partial charge in [0.1, 0.15) is 5.75 Å². The lowest BCUT2D eigenvalue weighted by Crippen LogP contribution is -2.41. The Hall–Kier alpha value is -1.04. The molecule has 0 unspecified atom stereocenters. The summed E-state index contributed by atoms with van der Waals surface area (Å²) in [5, 5.41) is 0. The summed E-state index contributed by atoms with van der Waals surface area (Å²) in [5.41, 5.74) is 1.34. The van der Waals surface area contributed by atoms with Gasteiger partial charge in [0.05, 0.1) is 11.2 Å². The molecule has 0 saturated carbocycles. The van der Waals surface area contributed by atoms with E-state index in [9.17, 15) is 0 Å². The zero-order chi connectivity index (χ0) is 15.0. The van der Waals surface area contributed by atoms with E-state index in [0.717, 1.165) is 16.8 Å². The Labute approximate surface area is 121 Å². The highest BCUT2D eigenvalue weighted by atomic mass is 16.7. The molecular formula is C15H23BO4. The van der Waals surface area contributed by atoms with Gasteiger partial charge >= 0.3 is 7.12 Å². The molecule has 0 atom stereocenters. The van der Waals surface area contributed by atoms with Crippen LogP contribution in [0.2, 0.25) is 0 Å². The Bertz CT molecular complexity index is 469. The van der Waals surface area contributed by atoms with E-state index in [1.807, 2.05) is 52.8 Å². The van der Waals surface area contributed by atoms with Crippen molar-refractivity contribution in [1.82, 2.24) is 0 Å². The van der Waals surface area contributed by atoms with Crippen molar-refractivity contribution in [1.29, 1.82) is 0 Å². The van der Waals surface area contributed by atoms with E-state index in [2.05, 4.69) is 0 Å². The molecule has 0 amide bonds. The topological polar surface area (TPSA) is 36.9 Å². The summed E-state index contributed by atoms with van der Waals surface area (Å²) in [4.78, 5) is 0. The number of rotatable bonds is 4. The maximum Gasteiger partial charge on any atom is 0.494 e. The molecule has 1 aromatic rings. The van der Waals surface area contributed by atoms with Gasteiger partial charge in [0.2, 0.25) is 0 Å². The standard InChI is InChI=1S/C15H23BO4/c1-11-7-8-12(9-13(11)18-10-17-6)16-19-14(2,3)15(4,5)20-16/h7-9H,10H2,1-6H3. The summed E-state index contributed by atoms with van der Waals surface area (Å²) < 4.78 is 22.6. The van der Waals surface area contributed by atoms with Crippen LogP contribution in [0.5, 0.6) is 5.75 Å². The number of hydrogen-bond donors (Lipinski definition) is 0. The van der Waals surface area contributed by atoms with E-state index in [1.165, 1.54) is 0 Å². The maximum atomic E-state index is 6.04. The van der Waals surface area contributed by atoms with Crippen molar-refractivity contribution in [2.75, 3.05) is 13.9 Å². The molecule has 0 aromatic heterocycles. The summed E-state index contributed by atoms with van der Waals surface area (Å²) in [7, 11) is 1.23. The highest BCUT2D eigenvalue weighted by Gasteiger charge is 2.51. The molecule has 5 heteroatoms. The van der Waals surface area contributed by atoms with E-state index in [1.54, 1.807) is 7.11 Å². The fourth-order valence-corrected chi connectivity index (χ4v) is 2.02. The van der Waals surface area contributed by atoms with Gasteiger partial charge in [-0.25, -0.2) is 0 Å². The lowest BCUT2D eigenvalue weighted by Gasteiger charge is -2.32. The SMILES string of the molecule is COCOc1cc(B2OC(C)(C)C(C)(C)O2)ccc1C. The van der Waals surface area contributed by atoms with E-state index in [0.29, 0.717) is 0 Å². The van der Waals surface area contributed by atoms with Crippen LogP contribution in [0.1, 0.15) is 33.3 Å². The molecule has 4 nitrogen and oxygen atoms in total. The first-order valence-electron chi connectivity index (χ1n) is 6.85. The molecule has 1 heterocycles. The van der Waals surface area contributed by atoms with Gasteiger partial charge in [-0.05, 0) is 51.7 Å². The minimum atomic E-state index is -0.370. The first kappa shape index (κ1) is 15.4. The number of benzene rings is 1. The van der Waals surface area contributed by atoms with Crippen molar-refractivity contribution in [3.8, 4) is 5.75 Å². The number of ether oxygens (including phenoxy) is 2. The Morgan fingerprint density at radius 1 is 1.10 bits per heavy atom. The normalized spacial score (nSPS) is 20.2. The third-order valence-electron chi connectivity index (χ3n) is 4.07. The predicted octanol–water partition coefficient (Wildman–Crippen LogP) is 2.28. The van der Waals surface area contributed by atoms with Crippen molar-refractivity contribution < 1.29 is 18.8 Å². The third kappa shape index (κ3) is 2.85. The predicted molar refractivity (Wildman–Crippen MR) is 79.4 cm³/mol. The number of methoxy groups -OCH3 is 1. The molecule has 1 aromatic carbocycles. The monoisotopic (exact) mass is 278 g/mol. The average Bonchev–Trinajstić information content (AvgIpc) is 2.57. The zero-order valence-corrected chi connectivity index (χ0v) is 13.1. The van der Waals surface area contributed by atoms with Crippen LogP contribution >= 0.6 is 0 Å². The van der Waals surface area contributed by atoms with Gasteiger partial charge in [-0.2, -0.15) is 0 Å². The minimum absolute atomic E-state index is 0.230. The minimum Gasteiger partial charge on any atom is -0.467 e. The average molecular weight is 278 g/mol. The van der Waals surface area contributed by atoms with Gasteiger partial charge in [-0.3, -0.25) is 0 Å². The molecule has 1 aliphatic rings. The van der Waals surface area contributed by atoms with Crippen LogP contribution in [0.4, 0.5) is 0 Å². The number of hydrogen-bond acceptors (Lipinski definition) is 4. The van der Waals surface area contributed by atoms with E-state index in [4.69, 9.17) is 18.8 Å². The van der Waals surface area contributed by atoms with Crippen LogP contribution in [-0.4, -0.2) is 32.2 Å². The summed E-state index contributed by atoms with van der Waals surface area (Å²) in [6.45, 7) is 10.4. The van der Waals surface area contributed by atoms with Crippen LogP contribution < -0.4 is 10.2 Å². The molecule has 20 heavy (non-hydrogen) atoms. The molecule has 110 valence electrons. The van der Waals surface area contributed by atoms with Crippen molar-refractivity contribution in [2.24, 2.45) is 0 Å². The van der Waals surface area contributed by atoms with Crippen molar-refractivity contribution in [3.63, 3.8) is 0 Å². The second-order valence-electron chi connectivity index (χ2n) is 6.16. The summed E-state index contributed by atoms with van der Waals surface area (Å²) >= 11 is 0. The highest BCUT2D eigenvalue weighted by Crippen LogP contribution is 2.36. The van der Waals surface area contributed by atoms with Crippen molar-refractivity contribution in [2.45, 2.75) is 45.8 Å². The van der Waals surface area contributed by atoms with Crippen LogP contribution in [0, 0.1) is 6.92 Å². The molecule has 0 aliphatic carbocycles. The molecule has 0 radical (unpaired) electrons. The molecule has 1 aliphatic heterocycles. The first-order chi connectivity index (χ1) is 9.27. The van der Waals surface area contributed by atoms with Gasteiger partial charge in [0.15, 0.2) is 6.79 Å². The second kappa shape index (κ2) is 5.39. The molecule has 0 bridgehead atoms. The van der Waals surface area contributed by atoms with Crippen molar-refractivity contribution in [3.05, 3.63) is 23.8 Å². The summed E-state index contributed by atoms with van der Waals surface area (Å²) in [6.07, 6.45) is 0. The van der Waals surface area contributed by atoms with Crippen molar-refractivity contribution >= 4 is 12.6 Å². The molecule has 0 spiro atoms. The molecular weight excluding hydrogens is 255 g/mol. The van der Waals surface area contributed by atoms with Crippen LogP contribution in [0.15, 0.2) is 18.2 Å². The van der Waals surface area contributed by atoms with Crippen LogP contribution in [-0.2, 0) is 14.0 Å². The molecule has 1 fully saturated rings. The Kier molecular flexibility index (Phi) is 4.14. The lowest BCUT2D eigenvalue weighted by molar-refractivity contribution is 0.00578. The molecule has 0 N–H and O–H groups in total. The van der Waals surface area contributed by atoms with E-state index in [-0.39, 0.29) is 25.1 Å². The van der Waals surface area contributed by atoms with Gasteiger partial charge in [0.25, 0.3) is 0 Å². The maximum absolute atomic E-state index is 6.04. The van der Waals surface area contributed by atoms with Gasteiger partial charge in [-0.1, -0.05) is 12.1 Å². The first-order valence-corrected chi connectivity index (χ1v) is 6.85. The third-order valence-corrected chi connectivity index (χ3v) is 4.07. The van der Waals surface area contributed by atoms with Gasteiger partial charge in [0, 0.05) is 7.11 Å². The summed E-state index contributed by atoms with van der Waals surface area (Å²) in [5.74, 6) is 0.791. The zero-order valence-electron chi connectivity index (χ0n) is 13.1. The largest absolute Gasteiger partial charge is 0.494 e. The van der Waals surface area contributed by atoms with E-state index >= 15 is 0 Å². The molecule has 1 saturated heterocycles. The Balaban J connectivity index is 2.22. The smallest absolute Gasteiger partial charge is 0.467 e. The highest BCUT2D eigenvalue weighted by molar-refractivity contribution is 6.62. The van der Waals surface area contributed by atoms with E-state index < -0.39 is 0 Å². The van der Waals surface area contributed by atoms with Crippen LogP contribution in [0.3, 0.4) is 0 Å². The van der Waals surface area contributed by atoms with Gasteiger partial charge < -0.3 is 18.8 Å². The number of aryl methyl sites for hydroxylation is 1. The van der Waals surface area contributed by atoms with Crippen LogP contribution in [0.25, 0.3) is 0 Å².